The first-order valence-corrected chi connectivity index (χ1v) is 13.6. The lowest BCUT2D eigenvalue weighted by molar-refractivity contribution is -0.120. The van der Waals surface area contributed by atoms with Crippen molar-refractivity contribution in [3.8, 4) is 11.5 Å². The summed E-state index contributed by atoms with van der Waals surface area (Å²) in [5.41, 5.74) is 4.42. The highest BCUT2D eigenvalue weighted by Crippen LogP contribution is 2.33. The summed E-state index contributed by atoms with van der Waals surface area (Å²) in [6, 6.07) is 9.61. The molecule has 3 aromatic rings. The lowest BCUT2D eigenvalue weighted by atomic mass is 9.84. The van der Waals surface area contributed by atoms with Gasteiger partial charge in [-0.3, -0.25) is 9.59 Å². The molecule has 1 aliphatic carbocycles. The Morgan fingerprint density at radius 2 is 1.97 bits per heavy atom. The molecule has 0 unspecified atom stereocenters. The number of benzene rings is 2. The average molecular weight is 542 g/mol. The van der Waals surface area contributed by atoms with Gasteiger partial charge < -0.3 is 19.9 Å². The number of hydrazone groups is 1. The summed E-state index contributed by atoms with van der Waals surface area (Å²) in [4.78, 5) is 25.2. The van der Waals surface area contributed by atoms with Crippen LogP contribution in [0.2, 0.25) is 0 Å². The number of halogens is 1. The number of amides is 2. The maximum atomic E-state index is 14.3. The molecule has 4 rings (SSSR count). The largest absolute Gasteiger partial charge is 0.493 e. The topological polar surface area (TPSA) is 109 Å². The van der Waals surface area contributed by atoms with Gasteiger partial charge in [-0.2, -0.15) is 5.10 Å². The van der Waals surface area contributed by atoms with E-state index in [-0.39, 0.29) is 25.6 Å². The second-order valence-electron chi connectivity index (χ2n) is 9.19. The number of methoxy groups -OCH3 is 1. The minimum Gasteiger partial charge on any atom is -0.493 e. The molecule has 2 amide bonds. The Hall–Kier alpha value is -3.50. The van der Waals surface area contributed by atoms with E-state index in [1.807, 2.05) is 11.4 Å². The molecule has 1 fully saturated rings. The van der Waals surface area contributed by atoms with E-state index in [4.69, 9.17) is 14.6 Å². The smallest absolute Gasteiger partial charge is 0.259 e. The van der Waals surface area contributed by atoms with Crippen molar-refractivity contribution in [2.24, 2.45) is 11.0 Å². The number of carbonyl (C=O) groups is 2. The average Bonchev–Trinajstić information content (AvgIpc) is 3.38. The lowest BCUT2D eigenvalue weighted by Gasteiger charge is -2.22. The third kappa shape index (κ3) is 6.87. The fourth-order valence-electron chi connectivity index (χ4n) is 4.64. The number of thiophene rings is 1. The van der Waals surface area contributed by atoms with Gasteiger partial charge in [0.2, 0.25) is 0 Å². The van der Waals surface area contributed by atoms with Crippen LogP contribution in [0.5, 0.6) is 11.5 Å². The van der Waals surface area contributed by atoms with E-state index in [0.29, 0.717) is 34.1 Å². The predicted octanol–water partition coefficient (Wildman–Crippen LogP) is 4.64. The minimum absolute atomic E-state index is 0.0987. The van der Waals surface area contributed by atoms with Gasteiger partial charge in [0.05, 0.1) is 30.7 Å². The molecule has 1 saturated carbocycles. The molecule has 2 aromatic carbocycles. The lowest BCUT2D eigenvalue weighted by Crippen LogP contribution is -2.35. The fourth-order valence-corrected chi connectivity index (χ4v) is 5.63. The van der Waals surface area contributed by atoms with Crippen LogP contribution in [0.1, 0.15) is 54.4 Å². The quantitative estimate of drug-likeness (QED) is 0.242. The first-order chi connectivity index (χ1) is 18.5. The van der Waals surface area contributed by atoms with Crippen molar-refractivity contribution < 1.29 is 28.6 Å². The molecule has 202 valence electrons. The summed E-state index contributed by atoms with van der Waals surface area (Å²) in [5, 5.41) is 18.7. The number of nitrogens with zero attached hydrogens (tertiary/aromatic N) is 1. The molecule has 0 saturated heterocycles. The molecular formula is C28H32FN3O5S. The Bertz CT molecular complexity index is 1300. The SMILES string of the molecule is COc1cc(C(=O)NCC(=O)N/N=C(/CC2CCCCC2)c2csc3c(F)cccc23)ccc1OCCO. The van der Waals surface area contributed by atoms with Crippen molar-refractivity contribution in [1.82, 2.24) is 10.7 Å². The van der Waals surface area contributed by atoms with Crippen molar-refractivity contribution in [2.75, 3.05) is 26.9 Å². The van der Waals surface area contributed by atoms with Crippen LogP contribution in [0, 0.1) is 11.7 Å². The van der Waals surface area contributed by atoms with Gasteiger partial charge in [0.25, 0.3) is 11.8 Å². The van der Waals surface area contributed by atoms with Gasteiger partial charge in [-0.05, 0) is 36.6 Å². The van der Waals surface area contributed by atoms with Crippen LogP contribution in [0.4, 0.5) is 4.39 Å². The van der Waals surface area contributed by atoms with Crippen LogP contribution in [0.25, 0.3) is 10.1 Å². The molecular weight excluding hydrogens is 509 g/mol. The van der Waals surface area contributed by atoms with Crippen LogP contribution in [0.3, 0.4) is 0 Å². The van der Waals surface area contributed by atoms with Crippen molar-refractivity contribution in [2.45, 2.75) is 38.5 Å². The van der Waals surface area contributed by atoms with E-state index in [1.165, 1.54) is 49.8 Å². The van der Waals surface area contributed by atoms with E-state index in [1.54, 1.807) is 18.2 Å². The zero-order valence-electron chi connectivity index (χ0n) is 21.3. The van der Waals surface area contributed by atoms with Gasteiger partial charge in [0.1, 0.15) is 12.4 Å². The van der Waals surface area contributed by atoms with Gasteiger partial charge in [0.15, 0.2) is 11.5 Å². The first kappa shape index (κ1) is 27.5. The minimum atomic E-state index is -0.472. The van der Waals surface area contributed by atoms with Crippen molar-refractivity contribution >= 4 is 38.9 Å². The molecule has 0 aliphatic heterocycles. The molecule has 1 aliphatic rings. The number of hydrogen-bond donors (Lipinski definition) is 3. The summed E-state index contributed by atoms with van der Waals surface area (Å²) in [5.74, 6) is -0.00421. The number of hydrogen-bond acceptors (Lipinski definition) is 7. The van der Waals surface area contributed by atoms with Crippen LogP contribution < -0.4 is 20.2 Å². The third-order valence-corrected chi connectivity index (χ3v) is 7.57. The Balaban J connectivity index is 1.43. The zero-order chi connectivity index (χ0) is 26.9. The van der Waals surface area contributed by atoms with Crippen molar-refractivity contribution in [3.63, 3.8) is 0 Å². The summed E-state index contributed by atoms with van der Waals surface area (Å²) >= 11 is 1.33. The van der Waals surface area contributed by atoms with E-state index >= 15 is 0 Å². The summed E-state index contributed by atoms with van der Waals surface area (Å²) in [6.07, 6.45) is 6.48. The number of rotatable bonds is 11. The van der Waals surface area contributed by atoms with Crippen LogP contribution >= 0.6 is 11.3 Å². The number of aliphatic hydroxyl groups is 1. The highest BCUT2D eigenvalue weighted by Gasteiger charge is 2.20. The molecule has 1 heterocycles. The van der Waals surface area contributed by atoms with Crippen LogP contribution in [-0.4, -0.2) is 49.5 Å². The Morgan fingerprint density at radius 1 is 1.16 bits per heavy atom. The second kappa shape index (κ2) is 13.3. The number of ether oxygens (including phenoxy) is 2. The van der Waals surface area contributed by atoms with Gasteiger partial charge in [-0.1, -0.05) is 44.2 Å². The second-order valence-corrected chi connectivity index (χ2v) is 10.1. The summed E-state index contributed by atoms with van der Waals surface area (Å²) < 4.78 is 25.5. The number of fused-ring (bicyclic) bond motifs is 1. The third-order valence-electron chi connectivity index (χ3n) is 6.57. The highest BCUT2D eigenvalue weighted by atomic mass is 32.1. The molecule has 0 bridgehead atoms. The van der Waals surface area contributed by atoms with Gasteiger partial charge in [-0.25, -0.2) is 9.82 Å². The predicted molar refractivity (Wildman–Crippen MR) is 146 cm³/mol. The van der Waals surface area contributed by atoms with Crippen LogP contribution in [0.15, 0.2) is 46.9 Å². The maximum Gasteiger partial charge on any atom is 0.259 e. The van der Waals surface area contributed by atoms with Crippen LogP contribution in [-0.2, 0) is 4.79 Å². The van der Waals surface area contributed by atoms with Gasteiger partial charge >= 0.3 is 0 Å². The fraction of sp³-hybridized carbons (Fsp3) is 0.393. The zero-order valence-corrected chi connectivity index (χ0v) is 22.1. The van der Waals surface area contributed by atoms with E-state index in [9.17, 15) is 14.0 Å². The molecule has 1 aromatic heterocycles. The number of carbonyl (C=O) groups excluding carboxylic acids is 2. The standard InChI is InChI=1S/C28H32FN3O5S/c1-36-25-15-19(10-11-24(25)37-13-12-33)28(35)30-16-26(34)32-31-23(14-18-6-3-2-4-7-18)21-17-38-27-20(21)8-5-9-22(27)29/h5,8-11,15,17-18,33H,2-4,6-7,12-14,16H2,1H3,(H,30,35)(H,32,34)/b31-23-. The van der Waals surface area contributed by atoms with Crippen molar-refractivity contribution in [1.29, 1.82) is 0 Å². The number of aliphatic hydroxyl groups excluding tert-OH is 1. The van der Waals surface area contributed by atoms with Crippen molar-refractivity contribution in [3.05, 3.63) is 58.7 Å². The molecule has 0 radical (unpaired) electrons. The van der Waals surface area contributed by atoms with E-state index < -0.39 is 11.8 Å². The molecule has 0 atom stereocenters. The maximum absolute atomic E-state index is 14.3. The van der Waals surface area contributed by atoms with Gasteiger partial charge in [0, 0.05) is 21.9 Å². The van der Waals surface area contributed by atoms with E-state index in [0.717, 1.165) is 29.5 Å². The van der Waals surface area contributed by atoms with E-state index in [2.05, 4.69) is 15.8 Å². The highest BCUT2D eigenvalue weighted by molar-refractivity contribution is 7.17. The molecule has 10 heteroatoms. The first-order valence-electron chi connectivity index (χ1n) is 12.7. The number of nitrogens with one attached hydrogen (secondary N) is 2. The summed E-state index contributed by atoms with van der Waals surface area (Å²) in [6.45, 7) is -0.324. The molecule has 38 heavy (non-hydrogen) atoms. The molecule has 3 N–H and O–H groups in total. The molecule has 0 spiro atoms. The Labute approximate surface area is 224 Å². The monoisotopic (exact) mass is 541 g/mol. The normalized spacial score (nSPS) is 14.3. The molecule has 8 nitrogen and oxygen atoms in total. The Morgan fingerprint density at radius 3 is 2.74 bits per heavy atom. The Kier molecular flexibility index (Phi) is 9.67. The van der Waals surface area contributed by atoms with Gasteiger partial charge in [-0.15, -0.1) is 11.3 Å². The summed E-state index contributed by atoms with van der Waals surface area (Å²) in [7, 11) is 1.45.